The second-order valence-electron chi connectivity index (χ2n) is 6.80. The lowest BCUT2D eigenvalue weighted by atomic mass is 9.92. The number of nitrogens with zero attached hydrogens (tertiary/aromatic N) is 2. The van der Waals surface area contributed by atoms with Crippen molar-refractivity contribution in [2.24, 2.45) is 5.10 Å². The predicted molar refractivity (Wildman–Crippen MR) is 123 cm³/mol. The van der Waals surface area contributed by atoms with E-state index in [0.717, 1.165) is 41.0 Å². The number of rotatable bonds is 9. The van der Waals surface area contributed by atoms with Crippen LogP contribution in [0.2, 0.25) is 0 Å². The van der Waals surface area contributed by atoms with Crippen molar-refractivity contribution in [2.75, 3.05) is 19.1 Å². The summed E-state index contributed by atoms with van der Waals surface area (Å²) >= 11 is 0. The van der Waals surface area contributed by atoms with Crippen LogP contribution in [-0.2, 0) is 27.5 Å². The molecule has 29 heavy (non-hydrogen) atoms. The van der Waals surface area contributed by atoms with Crippen molar-refractivity contribution in [3.63, 3.8) is 0 Å². The topological polar surface area (TPSA) is 83.9 Å². The highest BCUT2D eigenvalue weighted by atomic mass is 32.2. The second-order valence-corrected chi connectivity index (χ2v) is 9.06. The Balaban J connectivity index is 0. The normalized spacial score (nSPS) is 10.3. The molecule has 0 fully saturated rings. The first kappa shape index (κ1) is 29.2. The third kappa shape index (κ3) is 10.4. The number of ketones is 1. The average Bonchev–Trinajstić information content (AvgIpc) is 2.65. The maximum atomic E-state index is 12.3. The van der Waals surface area contributed by atoms with Crippen LogP contribution >= 0.6 is 0 Å². The average molecular weight is 427 g/mol. The first-order valence-electron chi connectivity index (χ1n) is 9.61. The van der Waals surface area contributed by atoms with Gasteiger partial charge in [0.2, 0.25) is 0 Å². The highest BCUT2D eigenvalue weighted by Crippen LogP contribution is 2.20. The molecule has 0 aliphatic rings. The van der Waals surface area contributed by atoms with Crippen LogP contribution in [0.3, 0.4) is 0 Å². The summed E-state index contributed by atoms with van der Waals surface area (Å²) < 4.78 is 21.0. The van der Waals surface area contributed by atoms with Crippen LogP contribution in [0.4, 0.5) is 0 Å². The first-order valence-corrected chi connectivity index (χ1v) is 11.7. The third-order valence-corrected chi connectivity index (χ3v) is 5.28. The van der Waals surface area contributed by atoms with Crippen LogP contribution in [0.15, 0.2) is 17.2 Å². The molecule has 0 atom stereocenters. The number of carbonyl (C=O) groups is 2. The van der Waals surface area contributed by atoms with Crippen LogP contribution in [-0.4, -0.2) is 50.9 Å². The number of carbonyl (C=O) groups excluding carboxylic acids is 2. The fourth-order valence-electron chi connectivity index (χ4n) is 2.72. The van der Waals surface area contributed by atoms with Crippen molar-refractivity contribution >= 4 is 28.2 Å². The Morgan fingerprint density at radius 3 is 1.90 bits per heavy atom. The Hall–Kier alpha value is -2.02. The van der Waals surface area contributed by atoms with Crippen molar-refractivity contribution in [3.8, 4) is 0 Å². The fraction of sp³-hybridized carbons (Fsp3) is 0.591. The largest absolute Gasteiger partial charge is 0.314 e. The maximum absolute atomic E-state index is 12.3. The van der Waals surface area contributed by atoms with Gasteiger partial charge in [-0.05, 0) is 37.3 Å². The highest BCUT2D eigenvalue weighted by Gasteiger charge is 2.24. The maximum Gasteiger partial charge on any atom is 0.314 e. The van der Waals surface area contributed by atoms with E-state index in [-0.39, 0.29) is 7.43 Å². The van der Waals surface area contributed by atoms with Gasteiger partial charge in [-0.2, -0.15) is 5.10 Å². The molecule has 166 valence electrons. The number of unbranched alkanes of at least 4 members (excludes halogenated alkanes) is 2. The molecular weight excluding hydrogens is 388 g/mol. The van der Waals surface area contributed by atoms with Crippen molar-refractivity contribution in [3.05, 3.63) is 34.4 Å². The van der Waals surface area contributed by atoms with Gasteiger partial charge in [-0.15, -0.1) is 0 Å². The molecule has 0 bridgehead atoms. The van der Waals surface area contributed by atoms with Gasteiger partial charge in [-0.1, -0.05) is 58.7 Å². The number of sulfone groups is 1. The van der Waals surface area contributed by atoms with Gasteiger partial charge in [-0.25, -0.2) is 13.4 Å². The van der Waals surface area contributed by atoms with E-state index in [4.69, 9.17) is 0 Å². The molecule has 0 heterocycles. The first-order chi connectivity index (χ1) is 13.0. The van der Waals surface area contributed by atoms with Crippen molar-refractivity contribution in [2.45, 2.75) is 67.2 Å². The Kier molecular flexibility index (Phi) is 14.1. The molecule has 1 rings (SSSR count). The lowest BCUT2D eigenvalue weighted by Gasteiger charge is -2.15. The molecule has 0 saturated heterocycles. The van der Waals surface area contributed by atoms with E-state index in [1.54, 1.807) is 0 Å². The summed E-state index contributed by atoms with van der Waals surface area (Å²) in [6, 6.07) is 3.92. The zero-order valence-electron chi connectivity index (χ0n) is 18.0. The quantitative estimate of drug-likeness (QED) is 0.194. The van der Waals surface area contributed by atoms with E-state index >= 15 is 0 Å². The summed E-state index contributed by atoms with van der Waals surface area (Å²) in [6.45, 7) is 11.3. The van der Waals surface area contributed by atoms with Gasteiger partial charge in [0.15, 0.2) is 0 Å². The molecule has 0 unspecified atom stereocenters. The summed E-state index contributed by atoms with van der Waals surface area (Å²) in [5, 5.41) is 4.45. The van der Waals surface area contributed by atoms with Gasteiger partial charge in [0.05, 0.1) is 0 Å². The van der Waals surface area contributed by atoms with E-state index in [9.17, 15) is 18.0 Å². The molecule has 0 saturated carbocycles. The summed E-state index contributed by atoms with van der Waals surface area (Å²) in [4.78, 5) is 24.3. The lowest BCUT2D eigenvalue weighted by Crippen LogP contribution is -2.30. The van der Waals surface area contributed by atoms with E-state index in [1.165, 1.54) is 13.3 Å². The number of hydrogen-bond acceptors (Lipinski definition) is 5. The zero-order valence-corrected chi connectivity index (χ0v) is 18.9. The van der Waals surface area contributed by atoms with Gasteiger partial charge in [0.25, 0.3) is 5.78 Å². The second kappa shape index (κ2) is 14.0. The van der Waals surface area contributed by atoms with Crippen LogP contribution in [0.25, 0.3) is 0 Å². The van der Waals surface area contributed by atoms with Gasteiger partial charge < -0.3 is 0 Å². The minimum atomic E-state index is -2.70. The zero-order chi connectivity index (χ0) is 21.9. The number of Topliss-reactive ketones (excluding diaryl/α,β-unsaturated/α-hetero) is 1. The number of hydrogen-bond donors (Lipinski definition) is 0. The van der Waals surface area contributed by atoms with Crippen LogP contribution in [0.5, 0.6) is 0 Å². The predicted octanol–water partition coefficient (Wildman–Crippen LogP) is 4.23. The third-order valence-electron chi connectivity index (χ3n) is 4.25. The molecule has 1 aromatic carbocycles. The number of hydrazone groups is 1. The van der Waals surface area contributed by atoms with E-state index in [0.29, 0.717) is 24.2 Å². The summed E-state index contributed by atoms with van der Waals surface area (Å²) in [5.41, 5.74) is 3.45. The molecule has 7 heteroatoms. The van der Waals surface area contributed by atoms with Crippen molar-refractivity contribution in [1.82, 2.24) is 5.01 Å². The SMILES string of the molecule is C.C=NN(C)C(=O)C(=O)c1c(CC)cc(C)cc1CC.CCCCCS(C)(=O)=O. The van der Waals surface area contributed by atoms with E-state index < -0.39 is 21.5 Å². The molecule has 1 aromatic rings. The van der Waals surface area contributed by atoms with E-state index in [1.807, 2.05) is 32.9 Å². The Bertz CT molecular complexity index is 761. The Morgan fingerprint density at radius 1 is 1.07 bits per heavy atom. The van der Waals surface area contributed by atoms with Crippen LogP contribution in [0, 0.1) is 6.92 Å². The smallest absolute Gasteiger partial charge is 0.283 e. The molecule has 1 amide bonds. The monoisotopic (exact) mass is 426 g/mol. The number of amides is 1. The summed E-state index contributed by atoms with van der Waals surface area (Å²) in [6.07, 6.45) is 5.63. The molecule has 0 N–H and O–H groups in total. The molecule has 0 aromatic heterocycles. The van der Waals surface area contributed by atoms with Gasteiger partial charge >= 0.3 is 5.91 Å². The number of likely N-dealkylation sites (N-methyl/N-ethyl adjacent to an activating group) is 1. The molecule has 6 nitrogen and oxygen atoms in total. The van der Waals surface area contributed by atoms with Crippen LogP contribution in [0.1, 0.15) is 74.5 Å². The molecule has 0 aliphatic heterocycles. The van der Waals surface area contributed by atoms with E-state index in [2.05, 4.69) is 18.7 Å². The lowest BCUT2D eigenvalue weighted by molar-refractivity contribution is -0.125. The standard InChI is InChI=1S/C15H20N2O2.C6H14O2S.CH4/c1-6-11-8-10(3)9-12(7-2)13(11)14(18)15(19)17(5)16-4;1-3-4-5-6-9(2,7)8;/h8-9H,4,6-7H2,1-3,5H3;3-6H2,1-2H3;1H4. The molecule has 0 radical (unpaired) electrons. The minimum Gasteiger partial charge on any atom is -0.283 e. The van der Waals surface area contributed by atoms with Gasteiger partial charge in [-0.3, -0.25) is 9.59 Å². The fourth-order valence-corrected chi connectivity index (χ4v) is 3.45. The van der Waals surface area contributed by atoms with Gasteiger partial charge in [0, 0.05) is 31.3 Å². The van der Waals surface area contributed by atoms with Gasteiger partial charge in [0.1, 0.15) is 9.84 Å². The highest BCUT2D eigenvalue weighted by molar-refractivity contribution is 7.90. The molecule has 0 aliphatic carbocycles. The Morgan fingerprint density at radius 2 is 1.55 bits per heavy atom. The number of aryl methyl sites for hydroxylation is 3. The minimum absolute atomic E-state index is 0. The Labute approximate surface area is 177 Å². The molecular formula is C22H38N2O4S. The molecule has 0 spiro atoms. The summed E-state index contributed by atoms with van der Waals surface area (Å²) in [5.74, 6) is -0.812. The number of benzene rings is 1. The van der Waals surface area contributed by atoms with Crippen LogP contribution < -0.4 is 0 Å². The van der Waals surface area contributed by atoms with Crippen molar-refractivity contribution < 1.29 is 18.0 Å². The summed E-state index contributed by atoms with van der Waals surface area (Å²) in [7, 11) is -1.27. The van der Waals surface area contributed by atoms with Crippen molar-refractivity contribution in [1.29, 1.82) is 0 Å².